The highest BCUT2D eigenvalue weighted by molar-refractivity contribution is 5.39. The average molecular weight is 289 g/mol. The first kappa shape index (κ1) is 13.7. The smallest absolute Gasteiger partial charge is 0.257 e. The molecule has 0 spiro atoms. The quantitative estimate of drug-likeness (QED) is 0.870. The molecular weight excluding hydrogens is 270 g/mol. The zero-order valence-corrected chi connectivity index (χ0v) is 12.2. The van der Waals surface area contributed by atoms with Gasteiger partial charge in [-0.2, -0.15) is 20.1 Å². The molecule has 1 fully saturated rings. The number of nitrogens with zero attached hydrogens (tertiary/aromatic N) is 5. The Labute approximate surface area is 123 Å². The van der Waals surface area contributed by atoms with Gasteiger partial charge in [0.15, 0.2) is 0 Å². The van der Waals surface area contributed by atoms with Gasteiger partial charge in [-0.25, -0.2) is 4.68 Å². The third-order valence-electron chi connectivity index (χ3n) is 3.41. The molecule has 0 bridgehead atoms. The van der Waals surface area contributed by atoms with Crippen LogP contribution in [0.2, 0.25) is 0 Å². The molecule has 3 heterocycles. The lowest BCUT2D eigenvalue weighted by atomic mass is 9.95. The Hall–Kier alpha value is -2.22. The Morgan fingerprint density at radius 3 is 2.81 bits per heavy atom. The van der Waals surface area contributed by atoms with E-state index in [0.717, 1.165) is 19.4 Å². The van der Waals surface area contributed by atoms with Gasteiger partial charge in [0.25, 0.3) is 5.95 Å². The largest absolute Gasteiger partial charge is 0.379 e. The van der Waals surface area contributed by atoms with E-state index >= 15 is 0 Å². The van der Waals surface area contributed by atoms with E-state index in [0.29, 0.717) is 24.5 Å². The van der Waals surface area contributed by atoms with Crippen molar-refractivity contribution >= 4 is 11.9 Å². The van der Waals surface area contributed by atoms with E-state index in [1.165, 1.54) is 0 Å². The van der Waals surface area contributed by atoms with Crippen molar-refractivity contribution in [2.75, 3.05) is 30.9 Å². The van der Waals surface area contributed by atoms with E-state index in [9.17, 15) is 0 Å². The van der Waals surface area contributed by atoms with Crippen molar-refractivity contribution in [2.45, 2.75) is 25.3 Å². The Kier molecular flexibility index (Phi) is 3.70. The molecule has 2 aromatic rings. The van der Waals surface area contributed by atoms with E-state index in [1.54, 1.807) is 24.1 Å². The van der Waals surface area contributed by atoms with E-state index in [4.69, 9.17) is 4.74 Å². The summed E-state index contributed by atoms with van der Waals surface area (Å²) in [6, 6.07) is 1.83. The van der Waals surface area contributed by atoms with E-state index < -0.39 is 0 Å². The van der Waals surface area contributed by atoms with Crippen LogP contribution in [0.15, 0.2) is 18.5 Å². The molecule has 1 atom stereocenters. The van der Waals surface area contributed by atoms with Crippen molar-refractivity contribution in [3.05, 3.63) is 18.5 Å². The molecule has 1 saturated heterocycles. The van der Waals surface area contributed by atoms with Crippen LogP contribution in [0.4, 0.5) is 11.9 Å². The number of hydrogen-bond acceptors (Lipinski definition) is 7. The molecule has 0 aliphatic carbocycles. The molecule has 0 saturated carbocycles. The number of rotatable bonds is 4. The topological polar surface area (TPSA) is 89.8 Å². The van der Waals surface area contributed by atoms with Crippen LogP contribution in [-0.2, 0) is 4.74 Å². The number of hydrogen-bond donors (Lipinski definition) is 2. The van der Waals surface area contributed by atoms with Crippen LogP contribution in [0, 0.1) is 0 Å². The molecule has 0 aromatic carbocycles. The fourth-order valence-corrected chi connectivity index (χ4v) is 2.32. The van der Waals surface area contributed by atoms with Gasteiger partial charge in [0.2, 0.25) is 11.9 Å². The standard InChI is InChI=1S/C13H19N7O/c1-13(5-3-8-21-9-13)19-11-16-10(14-2)17-12(18-11)20-7-4-6-15-20/h4,6-7H,3,5,8-9H2,1-2H3,(H2,14,16,17,18,19). The molecule has 1 aliphatic heterocycles. The lowest BCUT2D eigenvalue weighted by Gasteiger charge is -2.34. The first-order chi connectivity index (χ1) is 10.2. The fraction of sp³-hybridized carbons (Fsp3) is 0.538. The first-order valence-electron chi connectivity index (χ1n) is 6.98. The molecule has 3 rings (SSSR count). The summed E-state index contributed by atoms with van der Waals surface area (Å²) in [6.45, 7) is 3.57. The maximum absolute atomic E-state index is 5.55. The molecule has 8 nitrogen and oxygen atoms in total. The van der Waals surface area contributed by atoms with Gasteiger partial charge < -0.3 is 15.4 Å². The highest BCUT2D eigenvalue weighted by Gasteiger charge is 2.28. The molecule has 2 N–H and O–H groups in total. The van der Waals surface area contributed by atoms with Crippen LogP contribution >= 0.6 is 0 Å². The van der Waals surface area contributed by atoms with Crippen molar-refractivity contribution in [1.29, 1.82) is 0 Å². The van der Waals surface area contributed by atoms with Gasteiger partial charge in [0.1, 0.15) is 0 Å². The minimum Gasteiger partial charge on any atom is -0.379 e. The second-order valence-corrected chi connectivity index (χ2v) is 5.33. The lowest BCUT2D eigenvalue weighted by molar-refractivity contribution is 0.0537. The maximum atomic E-state index is 5.55. The van der Waals surface area contributed by atoms with Crippen molar-refractivity contribution in [3.63, 3.8) is 0 Å². The average Bonchev–Trinajstić information content (AvgIpc) is 3.01. The summed E-state index contributed by atoms with van der Waals surface area (Å²) in [7, 11) is 1.78. The van der Waals surface area contributed by atoms with Gasteiger partial charge in [-0.1, -0.05) is 0 Å². The summed E-state index contributed by atoms with van der Waals surface area (Å²) in [6.07, 6.45) is 5.53. The van der Waals surface area contributed by atoms with Crippen molar-refractivity contribution in [3.8, 4) is 5.95 Å². The van der Waals surface area contributed by atoms with Crippen LogP contribution in [-0.4, -0.2) is 50.5 Å². The number of anilines is 2. The van der Waals surface area contributed by atoms with Gasteiger partial charge in [0.05, 0.1) is 12.1 Å². The highest BCUT2D eigenvalue weighted by Crippen LogP contribution is 2.23. The predicted molar refractivity (Wildman–Crippen MR) is 78.6 cm³/mol. The summed E-state index contributed by atoms with van der Waals surface area (Å²) in [5.41, 5.74) is -0.161. The molecule has 2 aromatic heterocycles. The van der Waals surface area contributed by atoms with Crippen molar-refractivity contribution < 1.29 is 4.74 Å². The molecule has 0 radical (unpaired) electrons. The van der Waals surface area contributed by atoms with Crippen molar-refractivity contribution in [1.82, 2.24) is 24.7 Å². The third-order valence-corrected chi connectivity index (χ3v) is 3.41. The van der Waals surface area contributed by atoms with E-state index in [-0.39, 0.29) is 5.54 Å². The molecule has 1 aliphatic rings. The highest BCUT2D eigenvalue weighted by atomic mass is 16.5. The van der Waals surface area contributed by atoms with Gasteiger partial charge in [-0.15, -0.1) is 0 Å². The zero-order chi connectivity index (χ0) is 14.7. The van der Waals surface area contributed by atoms with Crippen LogP contribution < -0.4 is 10.6 Å². The maximum Gasteiger partial charge on any atom is 0.257 e. The second kappa shape index (κ2) is 5.65. The normalized spacial score (nSPS) is 22.0. The Morgan fingerprint density at radius 1 is 1.29 bits per heavy atom. The number of aromatic nitrogens is 5. The van der Waals surface area contributed by atoms with Crippen LogP contribution in [0.1, 0.15) is 19.8 Å². The zero-order valence-electron chi connectivity index (χ0n) is 12.2. The monoisotopic (exact) mass is 289 g/mol. The van der Waals surface area contributed by atoms with Gasteiger partial charge >= 0.3 is 0 Å². The third kappa shape index (κ3) is 3.10. The number of nitrogens with one attached hydrogen (secondary N) is 2. The fourth-order valence-electron chi connectivity index (χ4n) is 2.32. The molecule has 21 heavy (non-hydrogen) atoms. The van der Waals surface area contributed by atoms with E-state index in [1.807, 2.05) is 6.07 Å². The van der Waals surface area contributed by atoms with Crippen LogP contribution in [0.3, 0.4) is 0 Å². The molecule has 8 heteroatoms. The van der Waals surface area contributed by atoms with Gasteiger partial charge in [-0.05, 0) is 25.8 Å². The first-order valence-corrected chi connectivity index (χ1v) is 6.98. The minimum absolute atomic E-state index is 0.161. The Morgan fingerprint density at radius 2 is 2.14 bits per heavy atom. The summed E-state index contributed by atoms with van der Waals surface area (Å²) < 4.78 is 7.15. The molecular formula is C13H19N7O. The SMILES string of the molecule is CNc1nc(NC2(C)CCCOC2)nc(-n2cccn2)n1. The lowest BCUT2D eigenvalue weighted by Crippen LogP contribution is -2.43. The summed E-state index contributed by atoms with van der Waals surface area (Å²) in [4.78, 5) is 13.1. The Balaban J connectivity index is 1.89. The Bertz CT molecular complexity index is 593. The van der Waals surface area contributed by atoms with Crippen LogP contribution in [0.25, 0.3) is 5.95 Å². The number of ether oxygens (including phenoxy) is 1. The molecule has 0 amide bonds. The molecule has 112 valence electrons. The van der Waals surface area contributed by atoms with Gasteiger partial charge in [0, 0.05) is 26.0 Å². The molecule has 1 unspecified atom stereocenters. The summed E-state index contributed by atoms with van der Waals surface area (Å²) in [5.74, 6) is 1.49. The predicted octanol–water partition coefficient (Wildman–Crippen LogP) is 1.08. The summed E-state index contributed by atoms with van der Waals surface area (Å²) in [5, 5.41) is 10.5. The van der Waals surface area contributed by atoms with Crippen LogP contribution in [0.5, 0.6) is 0 Å². The van der Waals surface area contributed by atoms with Gasteiger partial charge in [-0.3, -0.25) is 0 Å². The summed E-state index contributed by atoms with van der Waals surface area (Å²) >= 11 is 0. The minimum atomic E-state index is -0.161. The second-order valence-electron chi connectivity index (χ2n) is 5.33. The van der Waals surface area contributed by atoms with E-state index in [2.05, 4.69) is 37.6 Å². The van der Waals surface area contributed by atoms with Crippen molar-refractivity contribution in [2.24, 2.45) is 0 Å².